The van der Waals surface area contributed by atoms with E-state index in [9.17, 15) is 0 Å². The average Bonchev–Trinajstić information content (AvgIpc) is 1.54. The molecule has 13 aromatic rings. The number of nitrogens with zero attached hydrogens (tertiary/aromatic N) is 3. The molecule has 0 amide bonds. The van der Waals surface area contributed by atoms with E-state index in [1.165, 1.54) is 248 Å². The number of rotatable bonds is 26. The maximum Gasteiger partial charge on any atom is 0.151 e. The predicted octanol–water partition coefficient (Wildman–Crippen LogP) is 36.3. The normalized spacial score (nSPS) is 13.2. The molecule has 0 atom stereocenters. The Morgan fingerprint density at radius 2 is 0.591 bits per heavy atom. The van der Waals surface area contributed by atoms with Crippen molar-refractivity contribution in [1.29, 1.82) is 0 Å². The third kappa shape index (κ3) is 19.7. The minimum absolute atomic E-state index is 0.0208. The summed E-state index contributed by atoms with van der Waals surface area (Å²) in [5.74, 6) is 1.83. The Bertz CT molecular complexity index is 5770. The second-order valence-corrected chi connectivity index (χ2v) is 41.0. The molecular weight excluding hydrogens is 1540 g/mol. The number of ether oxygens (including phenoxy) is 1. The maximum absolute atomic E-state index is 6.23. The smallest absolute Gasteiger partial charge is 0.151 e. The Morgan fingerprint density at radius 3 is 0.961 bits per heavy atom. The van der Waals surface area contributed by atoms with Gasteiger partial charge in [0.2, 0.25) is 0 Å². The third-order valence-corrected chi connectivity index (χ3v) is 27.5. The highest BCUT2D eigenvalue weighted by atomic mass is 16.5. The van der Waals surface area contributed by atoms with Crippen LogP contribution in [0, 0.1) is 76.2 Å². The molecule has 2 aliphatic carbocycles. The van der Waals surface area contributed by atoms with Gasteiger partial charge in [0.25, 0.3) is 0 Å². The molecule has 13 aromatic carbocycles. The van der Waals surface area contributed by atoms with Gasteiger partial charge in [-0.15, -0.1) is 0 Å². The van der Waals surface area contributed by atoms with Crippen molar-refractivity contribution in [1.82, 2.24) is 0 Å². The highest BCUT2D eigenvalue weighted by Crippen LogP contribution is 2.59. The van der Waals surface area contributed by atoms with Crippen LogP contribution in [0.1, 0.15) is 303 Å². The molecule has 3 aliphatic rings. The van der Waals surface area contributed by atoms with E-state index in [1.54, 1.807) is 11.1 Å². The lowest BCUT2D eigenvalue weighted by Gasteiger charge is -2.35. The Labute approximate surface area is 766 Å². The molecule has 16 rings (SSSR count). The van der Waals surface area contributed by atoms with Crippen molar-refractivity contribution >= 4 is 51.2 Å². The third-order valence-electron chi connectivity index (χ3n) is 27.5. The van der Waals surface area contributed by atoms with Gasteiger partial charge < -0.3 is 19.4 Å². The molecule has 1 aliphatic heterocycles. The second kappa shape index (κ2) is 38.9. The standard InChI is InChI=1S/C68H74N2.C31H46.C24H25NO/c1-43-17-21-51(22-18-43)68(61-37-44(2)19-35-59(61)60-36-20-45(3)38-62(60)68)52-25-29-56(30-26-52)70(64-48(6)41-54(42-49(64)7)67(14,15)16)58-33-31-57(32-34-58)69(55-27-23-50(24-28-55)65(8,9)10)63-46(4)39-53(40-47(63)5)66(11,12)13;1-5-7-9-11-13-15-21-31(22-16-14-12-10-8-6-2)29-23-25(3)17-19-27(29)28-20-18-26(4)24-30(28)31;1-4-5-6-19-9-11-20(12-10-19)25-21-13-7-17(2)15-23(21)26-24-16-18(3)8-14-22(24)25/h17-42H,1-16H3;17-20,23-24H,5-16,21-22H2,1-4H3;7-16H,4-6H2,1-3H3. The fourth-order valence-electron chi connectivity index (χ4n) is 20.5. The first-order valence-electron chi connectivity index (χ1n) is 48.2. The number of aryl methyl sites for hydroxylation is 12. The van der Waals surface area contributed by atoms with Crippen LogP contribution in [0.15, 0.2) is 255 Å². The van der Waals surface area contributed by atoms with Gasteiger partial charge in [-0.25, -0.2) is 0 Å². The summed E-state index contributed by atoms with van der Waals surface area (Å²) in [6.07, 6.45) is 22.8. The fraction of sp³-hybridized carbons (Fsp3) is 0.366. The average molecular weight is 1680 g/mol. The van der Waals surface area contributed by atoms with Crippen LogP contribution < -0.4 is 19.4 Å². The minimum atomic E-state index is -0.489. The van der Waals surface area contributed by atoms with E-state index in [0.717, 1.165) is 52.0 Å². The summed E-state index contributed by atoms with van der Waals surface area (Å²) in [7, 11) is 0. The summed E-state index contributed by atoms with van der Waals surface area (Å²) >= 11 is 0. The van der Waals surface area contributed by atoms with E-state index < -0.39 is 5.41 Å². The molecule has 0 fully saturated rings. The molecule has 127 heavy (non-hydrogen) atoms. The monoisotopic (exact) mass is 1680 g/mol. The Kier molecular flexibility index (Phi) is 28.3. The first-order chi connectivity index (χ1) is 60.7. The van der Waals surface area contributed by atoms with Crippen LogP contribution in [0.5, 0.6) is 11.5 Å². The van der Waals surface area contributed by atoms with Crippen LogP contribution in [0.4, 0.5) is 51.2 Å². The Morgan fingerprint density at radius 1 is 0.283 bits per heavy atom. The van der Waals surface area contributed by atoms with E-state index in [1.807, 2.05) is 0 Å². The van der Waals surface area contributed by atoms with Gasteiger partial charge in [0.05, 0.1) is 28.2 Å². The van der Waals surface area contributed by atoms with Gasteiger partial charge >= 0.3 is 0 Å². The summed E-state index contributed by atoms with van der Waals surface area (Å²) in [5, 5.41) is 0. The first-order valence-corrected chi connectivity index (χ1v) is 48.2. The topological polar surface area (TPSA) is 19.0 Å². The second-order valence-electron chi connectivity index (χ2n) is 41.0. The summed E-state index contributed by atoms with van der Waals surface area (Å²) in [6.45, 7) is 52.1. The lowest BCUT2D eigenvalue weighted by Crippen LogP contribution is -2.29. The minimum Gasteiger partial charge on any atom is -0.453 e. The van der Waals surface area contributed by atoms with E-state index in [0.29, 0.717) is 0 Å². The van der Waals surface area contributed by atoms with Crippen LogP contribution in [-0.2, 0) is 33.5 Å². The van der Waals surface area contributed by atoms with Crippen molar-refractivity contribution in [2.75, 3.05) is 14.7 Å². The summed E-state index contributed by atoms with van der Waals surface area (Å²) in [5.41, 5.74) is 43.8. The largest absolute Gasteiger partial charge is 0.453 e. The number of fused-ring (bicyclic) bond motifs is 8. The van der Waals surface area contributed by atoms with Gasteiger partial charge in [-0.05, 0) is 314 Å². The van der Waals surface area contributed by atoms with Crippen LogP contribution in [0.2, 0.25) is 0 Å². The van der Waals surface area contributed by atoms with Crippen molar-refractivity contribution in [2.24, 2.45) is 0 Å². The molecule has 0 saturated heterocycles. The quantitative estimate of drug-likeness (QED) is 0.0503. The van der Waals surface area contributed by atoms with Gasteiger partial charge in [-0.2, -0.15) is 0 Å². The van der Waals surface area contributed by atoms with Crippen LogP contribution in [0.25, 0.3) is 22.3 Å². The Hall–Kier alpha value is -10.9. The SMILES string of the molecule is CCCCCCCCC1(CCCCCCCC)c2cc(C)ccc2-c2ccc(C)cc21.CCCCc1ccc(N2c3ccc(C)cc3Oc3cc(C)ccc32)cc1.Cc1ccc(C2(c3ccc(N(c4ccc(N(c5ccc(C(C)(C)C)cc5)c5c(C)cc(C(C)(C)C)cc5C)cc4)c4c(C)cc(C(C)(C)C)cc4C)cc3)c3cc(C)ccc3-c3ccc(C)cc32)cc1. The van der Waals surface area contributed by atoms with Gasteiger partial charge in [0.15, 0.2) is 11.5 Å². The summed E-state index contributed by atoms with van der Waals surface area (Å²) < 4.78 is 6.23. The van der Waals surface area contributed by atoms with Gasteiger partial charge in [-0.3, -0.25) is 0 Å². The molecule has 0 spiro atoms. The number of anilines is 9. The molecule has 4 heteroatoms. The van der Waals surface area contributed by atoms with Crippen molar-refractivity contribution < 1.29 is 4.74 Å². The molecular formula is C123H145N3O. The molecule has 0 saturated carbocycles. The lowest BCUT2D eigenvalue weighted by molar-refractivity contribution is 0.397. The number of hydrogen-bond acceptors (Lipinski definition) is 4. The van der Waals surface area contributed by atoms with E-state index in [2.05, 4.69) is 429 Å². The van der Waals surface area contributed by atoms with Crippen molar-refractivity contribution in [3.8, 4) is 33.8 Å². The molecule has 0 radical (unpaired) electrons. The molecule has 658 valence electrons. The highest BCUT2D eigenvalue weighted by molar-refractivity contribution is 5.91. The molecule has 1 heterocycles. The number of unbranched alkanes of at least 4 members (excludes halogenated alkanes) is 11. The highest BCUT2D eigenvalue weighted by Gasteiger charge is 2.47. The number of benzene rings is 13. The van der Waals surface area contributed by atoms with E-state index >= 15 is 0 Å². The lowest BCUT2D eigenvalue weighted by atomic mass is 9.67. The van der Waals surface area contributed by atoms with Crippen molar-refractivity contribution in [3.63, 3.8) is 0 Å². The van der Waals surface area contributed by atoms with Crippen LogP contribution >= 0.6 is 0 Å². The summed E-state index contributed by atoms with van der Waals surface area (Å²) in [6, 6.07) is 97.2. The fourth-order valence-corrected chi connectivity index (χ4v) is 20.5. The van der Waals surface area contributed by atoms with Crippen LogP contribution in [-0.4, -0.2) is 0 Å². The predicted molar refractivity (Wildman–Crippen MR) is 550 cm³/mol. The van der Waals surface area contributed by atoms with Gasteiger partial charge in [0.1, 0.15) is 0 Å². The zero-order valence-corrected chi connectivity index (χ0v) is 81.5. The molecule has 0 aromatic heterocycles. The summed E-state index contributed by atoms with van der Waals surface area (Å²) in [4.78, 5) is 7.26. The Balaban J connectivity index is 0.000000187. The zero-order chi connectivity index (χ0) is 90.4. The number of hydrogen-bond donors (Lipinski definition) is 0. The molecule has 0 bridgehead atoms. The van der Waals surface area contributed by atoms with Gasteiger partial charge in [-0.1, -0.05) is 364 Å². The van der Waals surface area contributed by atoms with Crippen molar-refractivity contribution in [2.45, 2.75) is 295 Å². The van der Waals surface area contributed by atoms with Crippen molar-refractivity contribution in [3.05, 3.63) is 372 Å². The maximum atomic E-state index is 6.23. The van der Waals surface area contributed by atoms with Crippen LogP contribution in [0.3, 0.4) is 0 Å². The first kappa shape index (κ1) is 92.2. The molecule has 4 nitrogen and oxygen atoms in total. The molecule has 0 N–H and O–H groups in total. The zero-order valence-electron chi connectivity index (χ0n) is 81.5. The van der Waals surface area contributed by atoms with E-state index in [4.69, 9.17) is 4.74 Å². The van der Waals surface area contributed by atoms with E-state index in [-0.39, 0.29) is 21.7 Å². The van der Waals surface area contributed by atoms with Gasteiger partial charge in [0, 0.05) is 33.9 Å². The molecule has 0 unspecified atom stereocenters.